The van der Waals surface area contributed by atoms with Gasteiger partial charge in [-0.1, -0.05) is 0 Å². The van der Waals surface area contributed by atoms with Crippen molar-refractivity contribution in [2.75, 3.05) is 12.8 Å². The first-order valence-electron chi connectivity index (χ1n) is 3.84. The van der Waals surface area contributed by atoms with Crippen LogP contribution in [0, 0.1) is 0 Å². The summed E-state index contributed by atoms with van der Waals surface area (Å²) in [5.74, 6) is 0.723. The van der Waals surface area contributed by atoms with E-state index in [4.69, 9.17) is 10.5 Å². The molecule has 0 unspecified atom stereocenters. The van der Waals surface area contributed by atoms with Gasteiger partial charge in [0.25, 0.3) is 0 Å². The van der Waals surface area contributed by atoms with Crippen LogP contribution < -0.4 is 10.5 Å². The summed E-state index contributed by atoms with van der Waals surface area (Å²) in [5.41, 5.74) is 6.06. The van der Waals surface area contributed by atoms with Crippen molar-refractivity contribution in [1.82, 2.24) is 25.1 Å². The molecular weight excluding hydrogens is 184 g/mol. The fourth-order valence-electron chi connectivity index (χ4n) is 0.948. The van der Waals surface area contributed by atoms with Crippen LogP contribution >= 0.6 is 0 Å². The van der Waals surface area contributed by atoms with Crippen molar-refractivity contribution in [2.45, 2.75) is 0 Å². The molecule has 7 heteroatoms. The first-order chi connectivity index (χ1) is 6.79. The molecule has 0 spiro atoms. The monoisotopic (exact) mass is 192 g/mol. The van der Waals surface area contributed by atoms with Crippen LogP contribution in [0.25, 0.3) is 11.4 Å². The van der Waals surface area contributed by atoms with Gasteiger partial charge < -0.3 is 10.5 Å². The first-order valence-corrected chi connectivity index (χ1v) is 3.84. The molecule has 0 aliphatic carbocycles. The maximum Gasteiger partial charge on any atom is 0.316 e. The number of anilines is 1. The maximum absolute atomic E-state index is 5.35. The van der Waals surface area contributed by atoms with Crippen LogP contribution in [-0.2, 0) is 0 Å². The summed E-state index contributed by atoms with van der Waals surface area (Å²) in [7, 11) is 1.50. The van der Waals surface area contributed by atoms with Crippen molar-refractivity contribution >= 4 is 5.95 Å². The van der Waals surface area contributed by atoms with E-state index in [1.165, 1.54) is 7.11 Å². The highest BCUT2D eigenvalue weighted by Gasteiger charge is 2.04. The summed E-state index contributed by atoms with van der Waals surface area (Å²) in [6, 6.07) is 0.307. The number of H-pyrrole nitrogens is 1. The molecule has 2 heterocycles. The summed E-state index contributed by atoms with van der Waals surface area (Å²) in [6.45, 7) is 0. The van der Waals surface area contributed by atoms with Crippen molar-refractivity contribution < 1.29 is 4.74 Å². The first kappa shape index (κ1) is 8.42. The second kappa shape index (κ2) is 3.29. The third-order valence-electron chi connectivity index (χ3n) is 1.59. The third-order valence-corrected chi connectivity index (χ3v) is 1.59. The van der Waals surface area contributed by atoms with Gasteiger partial charge in [0.05, 0.1) is 12.7 Å². The number of rotatable bonds is 2. The van der Waals surface area contributed by atoms with Crippen LogP contribution in [0.15, 0.2) is 12.4 Å². The van der Waals surface area contributed by atoms with Gasteiger partial charge in [0.1, 0.15) is 0 Å². The van der Waals surface area contributed by atoms with Gasteiger partial charge in [-0.25, -0.2) is 9.97 Å². The van der Waals surface area contributed by atoms with Gasteiger partial charge in [-0.2, -0.15) is 4.98 Å². The van der Waals surface area contributed by atoms with Gasteiger partial charge in [-0.15, -0.1) is 5.10 Å². The highest BCUT2D eigenvalue weighted by Crippen LogP contribution is 2.13. The quantitative estimate of drug-likeness (QED) is 0.686. The summed E-state index contributed by atoms with van der Waals surface area (Å²) in [4.78, 5) is 11.8. The van der Waals surface area contributed by atoms with Gasteiger partial charge in [-0.3, -0.25) is 5.10 Å². The lowest BCUT2D eigenvalue weighted by Gasteiger charge is -1.97. The van der Waals surface area contributed by atoms with E-state index in [-0.39, 0.29) is 5.95 Å². The number of hydrogen-bond acceptors (Lipinski definition) is 6. The topological polar surface area (TPSA) is 103 Å². The molecule has 7 nitrogen and oxygen atoms in total. The highest BCUT2D eigenvalue weighted by molar-refractivity contribution is 5.52. The van der Waals surface area contributed by atoms with E-state index in [0.717, 1.165) is 0 Å². The van der Waals surface area contributed by atoms with E-state index in [1.807, 2.05) is 0 Å². The zero-order valence-corrected chi connectivity index (χ0v) is 7.43. The largest absolute Gasteiger partial charge is 0.467 e. The van der Waals surface area contributed by atoms with Crippen molar-refractivity contribution in [2.24, 2.45) is 0 Å². The van der Waals surface area contributed by atoms with Gasteiger partial charge in [0.15, 0.2) is 5.82 Å². The Labute approximate surface area is 79.4 Å². The molecule has 0 aromatic carbocycles. The molecular formula is C7H8N6O. The lowest BCUT2D eigenvalue weighted by molar-refractivity contribution is 0.380. The standard InChI is InChI=1S/C7H8N6O/c1-14-7-9-2-4(3-10-7)5-11-6(8)13-12-5/h2-3H,1H3,(H3,8,11,12,13). The maximum atomic E-state index is 5.35. The molecule has 3 N–H and O–H groups in total. The Kier molecular flexibility index (Phi) is 1.98. The number of nitrogens with one attached hydrogen (secondary N) is 1. The minimum atomic E-state index is 0.191. The number of aromatic nitrogens is 5. The fraction of sp³-hybridized carbons (Fsp3) is 0.143. The van der Waals surface area contributed by atoms with Crippen molar-refractivity contribution in [3.63, 3.8) is 0 Å². The number of nitrogen functional groups attached to an aromatic ring is 1. The predicted molar refractivity (Wildman–Crippen MR) is 48.4 cm³/mol. The van der Waals surface area contributed by atoms with Gasteiger partial charge in [-0.05, 0) is 0 Å². The van der Waals surface area contributed by atoms with Crippen LogP contribution in [0.3, 0.4) is 0 Å². The van der Waals surface area contributed by atoms with Gasteiger partial charge in [0.2, 0.25) is 5.95 Å². The second-order valence-corrected chi connectivity index (χ2v) is 2.50. The summed E-state index contributed by atoms with van der Waals surface area (Å²) in [5, 5.41) is 6.34. The lowest BCUT2D eigenvalue weighted by atomic mass is 10.3. The number of hydrogen-bond donors (Lipinski definition) is 2. The van der Waals surface area contributed by atoms with Crippen LogP contribution in [0.4, 0.5) is 5.95 Å². The van der Waals surface area contributed by atoms with Crippen LogP contribution in [0.2, 0.25) is 0 Å². The molecule has 0 fully saturated rings. The number of nitrogens with two attached hydrogens (primary N) is 1. The normalized spacial score (nSPS) is 10.1. The number of aromatic amines is 1. The van der Waals surface area contributed by atoms with Crippen molar-refractivity contribution in [3.8, 4) is 17.4 Å². The lowest BCUT2D eigenvalue weighted by Crippen LogP contribution is -1.92. The third kappa shape index (κ3) is 1.47. The van der Waals surface area contributed by atoms with Crippen LogP contribution in [0.5, 0.6) is 6.01 Å². The Morgan fingerprint density at radius 2 is 2.07 bits per heavy atom. The Morgan fingerprint density at radius 1 is 1.36 bits per heavy atom. The molecule has 0 bridgehead atoms. The zero-order valence-electron chi connectivity index (χ0n) is 7.43. The number of methoxy groups -OCH3 is 1. The average molecular weight is 192 g/mol. The van der Waals surface area contributed by atoms with E-state index >= 15 is 0 Å². The Balaban J connectivity index is 2.33. The van der Waals surface area contributed by atoms with E-state index in [9.17, 15) is 0 Å². The SMILES string of the molecule is COc1ncc(-c2nc(N)n[nH]2)cn1. The molecule has 0 aliphatic rings. The van der Waals surface area contributed by atoms with Gasteiger partial charge in [0, 0.05) is 12.4 Å². The molecule has 0 atom stereocenters. The van der Waals surface area contributed by atoms with Gasteiger partial charge >= 0.3 is 6.01 Å². The van der Waals surface area contributed by atoms with Crippen LogP contribution in [0.1, 0.15) is 0 Å². The molecule has 72 valence electrons. The fourth-order valence-corrected chi connectivity index (χ4v) is 0.948. The number of ether oxygens (including phenoxy) is 1. The predicted octanol–water partition coefficient (Wildman–Crippen LogP) is -0.148. The molecule has 0 aliphatic heterocycles. The van der Waals surface area contributed by atoms with E-state index in [1.54, 1.807) is 12.4 Å². The Hall–Kier alpha value is -2.18. The minimum absolute atomic E-state index is 0.191. The van der Waals surface area contributed by atoms with Crippen LogP contribution in [-0.4, -0.2) is 32.3 Å². The molecule has 0 saturated heterocycles. The molecule has 2 aromatic rings. The molecule has 2 aromatic heterocycles. The Morgan fingerprint density at radius 3 is 2.57 bits per heavy atom. The molecule has 0 radical (unpaired) electrons. The van der Waals surface area contributed by atoms with E-state index < -0.39 is 0 Å². The summed E-state index contributed by atoms with van der Waals surface area (Å²) in [6.07, 6.45) is 3.15. The molecule has 2 rings (SSSR count). The van der Waals surface area contributed by atoms with Crippen molar-refractivity contribution in [3.05, 3.63) is 12.4 Å². The van der Waals surface area contributed by atoms with E-state index in [0.29, 0.717) is 17.4 Å². The zero-order chi connectivity index (χ0) is 9.97. The summed E-state index contributed by atoms with van der Waals surface area (Å²) < 4.78 is 4.82. The summed E-state index contributed by atoms with van der Waals surface area (Å²) >= 11 is 0. The molecule has 14 heavy (non-hydrogen) atoms. The highest BCUT2D eigenvalue weighted by atomic mass is 16.5. The molecule has 0 amide bonds. The second-order valence-electron chi connectivity index (χ2n) is 2.50. The minimum Gasteiger partial charge on any atom is -0.467 e. The molecule has 0 saturated carbocycles. The van der Waals surface area contributed by atoms with E-state index in [2.05, 4.69) is 25.1 Å². The average Bonchev–Trinajstić information content (AvgIpc) is 2.65. The van der Waals surface area contributed by atoms with Crippen molar-refractivity contribution in [1.29, 1.82) is 0 Å². The smallest absolute Gasteiger partial charge is 0.316 e. The Bertz CT molecular complexity index is 422. The number of nitrogens with zero attached hydrogens (tertiary/aromatic N) is 4.